The zero-order valence-corrected chi connectivity index (χ0v) is 9.32. The number of hydrogen-bond donors (Lipinski definition) is 0. The average molecular weight is 212 g/mol. The van der Waals surface area contributed by atoms with E-state index in [9.17, 15) is 14.4 Å². The molecule has 0 unspecified atom stereocenters. The Labute approximate surface area is 89.0 Å². The van der Waals surface area contributed by atoms with Gasteiger partial charge in [-0.15, -0.1) is 0 Å². The molecule has 1 saturated heterocycles. The molecule has 0 spiro atoms. The smallest absolute Gasteiger partial charge is 0.313 e. The Morgan fingerprint density at radius 2 is 2.00 bits per heavy atom. The minimum atomic E-state index is -0.281. The van der Waals surface area contributed by atoms with Crippen LogP contribution in [-0.2, 0) is 9.59 Å². The van der Waals surface area contributed by atoms with Gasteiger partial charge in [0.15, 0.2) is 0 Å². The van der Waals surface area contributed by atoms with Crippen LogP contribution in [0, 0.1) is 0 Å². The van der Waals surface area contributed by atoms with Crippen LogP contribution in [0.2, 0.25) is 0 Å². The number of hydrogen-bond acceptors (Lipinski definition) is 3. The predicted molar refractivity (Wildman–Crippen MR) is 54.2 cm³/mol. The lowest BCUT2D eigenvalue weighted by molar-refractivity contribution is -0.125. The molecule has 5 nitrogen and oxygen atoms in total. The van der Waals surface area contributed by atoms with Gasteiger partial charge in [-0.05, 0) is 20.8 Å². The average Bonchev–Trinajstić information content (AvgIpc) is 2.39. The van der Waals surface area contributed by atoms with Crippen LogP contribution in [0.15, 0.2) is 0 Å². The molecule has 0 N–H and O–H groups in total. The fourth-order valence-corrected chi connectivity index (χ4v) is 1.45. The lowest BCUT2D eigenvalue weighted by atomic mass is 10.3. The fraction of sp³-hybridized carbons (Fsp3) is 0.700. The molecule has 0 bridgehead atoms. The van der Waals surface area contributed by atoms with E-state index >= 15 is 0 Å². The van der Waals surface area contributed by atoms with Crippen LogP contribution in [0.1, 0.15) is 27.2 Å². The summed E-state index contributed by atoms with van der Waals surface area (Å²) in [5, 5.41) is 0. The highest BCUT2D eigenvalue weighted by Gasteiger charge is 2.36. The summed E-state index contributed by atoms with van der Waals surface area (Å²) in [5.41, 5.74) is 0. The Hall–Kier alpha value is -1.39. The van der Waals surface area contributed by atoms with Gasteiger partial charge in [0.2, 0.25) is 5.91 Å². The Kier molecular flexibility index (Phi) is 3.44. The van der Waals surface area contributed by atoms with Crippen LogP contribution in [-0.4, -0.2) is 46.7 Å². The van der Waals surface area contributed by atoms with E-state index in [0.717, 1.165) is 4.90 Å². The first-order valence-electron chi connectivity index (χ1n) is 5.04. The van der Waals surface area contributed by atoms with Crippen molar-refractivity contribution in [1.29, 1.82) is 0 Å². The lowest BCUT2D eigenvalue weighted by Gasteiger charge is -2.19. The first kappa shape index (κ1) is 11.7. The van der Waals surface area contributed by atoms with Crippen molar-refractivity contribution in [2.75, 3.05) is 13.1 Å². The molecule has 0 aromatic heterocycles. The van der Waals surface area contributed by atoms with Crippen molar-refractivity contribution in [1.82, 2.24) is 9.80 Å². The Bertz CT molecular complexity index is 299. The summed E-state index contributed by atoms with van der Waals surface area (Å²) in [7, 11) is 0. The standard InChI is InChI=1S/C10H16N2O3/c1-7(2)12-6-9(14)11(10(12)15)5-4-8(3)13/h7H,4-6H2,1-3H3. The fourth-order valence-electron chi connectivity index (χ4n) is 1.45. The molecule has 1 heterocycles. The molecule has 0 aromatic rings. The molecule has 1 fully saturated rings. The minimum Gasteiger partial charge on any atom is -0.313 e. The van der Waals surface area contributed by atoms with Crippen molar-refractivity contribution in [2.45, 2.75) is 33.2 Å². The molecule has 0 radical (unpaired) electrons. The molecule has 0 aromatic carbocycles. The topological polar surface area (TPSA) is 57.7 Å². The van der Waals surface area contributed by atoms with Crippen molar-refractivity contribution >= 4 is 17.7 Å². The van der Waals surface area contributed by atoms with E-state index < -0.39 is 0 Å². The number of ketones is 1. The summed E-state index contributed by atoms with van der Waals surface area (Å²) in [6.45, 7) is 5.51. The highest BCUT2D eigenvalue weighted by atomic mass is 16.2. The number of imide groups is 1. The summed E-state index contributed by atoms with van der Waals surface area (Å²) < 4.78 is 0. The summed E-state index contributed by atoms with van der Waals surface area (Å²) in [6.07, 6.45) is 0.239. The Morgan fingerprint density at radius 3 is 2.40 bits per heavy atom. The SMILES string of the molecule is CC(=O)CCN1C(=O)CN(C(C)C)C1=O. The third-order valence-electron chi connectivity index (χ3n) is 2.39. The highest BCUT2D eigenvalue weighted by molar-refractivity contribution is 6.02. The maximum absolute atomic E-state index is 11.7. The molecule has 5 heteroatoms. The third-order valence-corrected chi connectivity index (χ3v) is 2.39. The second-order valence-electron chi connectivity index (χ2n) is 4.00. The van der Waals surface area contributed by atoms with E-state index in [2.05, 4.69) is 0 Å². The normalized spacial score (nSPS) is 16.8. The van der Waals surface area contributed by atoms with Crippen LogP contribution in [0.25, 0.3) is 0 Å². The summed E-state index contributed by atoms with van der Waals surface area (Å²) in [6, 6.07) is -0.264. The number of nitrogens with zero attached hydrogens (tertiary/aromatic N) is 2. The number of carbonyl (C=O) groups is 3. The van der Waals surface area contributed by atoms with Gasteiger partial charge in [0.25, 0.3) is 0 Å². The summed E-state index contributed by atoms with van der Waals surface area (Å²) in [4.78, 5) is 36.6. The maximum atomic E-state index is 11.7. The molecule has 1 rings (SSSR count). The monoisotopic (exact) mass is 212 g/mol. The van der Waals surface area contributed by atoms with Crippen molar-refractivity contribution in [3.05, 3.63) is 0 Å². The second-order valence-corrected chi connectivity index (χ2v) is 4.00. The van der Waals surface area contributed by atoms with Gasteiger partial charge in [0.05, 0.1) is 0 Å². The number of carbonyl (C=O) groups excluding carboxylic acids is 3. The summed E-state index contributed by atoms with van der Waals surface area (Å²) >= 11 is 0. The molecule has 0 atom stereocenters. The van der Waals surface area contributed by atoms with Crippen LogP contribution in [0.5, 0.6) is 0 Å². The van der Waals surface area contributed by atoms with E-state index in [1.807, 2.05) is 13.8 Å². The largest absolute Gasteiger partial charge is 0.327 e. The van der Waals surface area contributed by atoms with Gasteiger partial charge in [-0.1, -0.05) is 0 Å². The Morgan fingerprint density at radius 1 is 1.40 bits per heavy atom. The van der Waals surface area contributed by atoms with Gasteiger partial charge >= 0.3 is 6.03 Å². The zero-order chi connectivity index (χ0) is 11.6. The number of Topliss-reactive ketones (excluding diaryl/α,β-unsaturated/α-hetero) is 1. The van der Waals surface area contributed by atoms with Crippen LogP contribution < -0.4 is 0 Å². The number of urea groups is 1. The third kappa shape index (κ3) is 2.55. The first-order chi connectivity index (χ1) is 6.93. The number of amides is 3. The summed E-state index contributed by atoms with van der Waals surface area (Å²) in [5.74, 6) is -0.228. The maximum Gasteiger partial charge on any atom is 0.327 e. The Balaban J connectivity index is 2.63. The molecule has 3 amide bonds. The molecule has 1 aliphatic rings. The van der Waals surface area contributed by atoms with Crippen LogP contribution in [0.4, 0.5) is 4.79 Å². The van der Waals surface area contributed by atoms with Crippen molar-refractivity contribution < 1.29 is 14.4 Å². The molecule has 15 heavy (non-hydrogen) atoms. The van der Waals surface area contributed by atoms with Gasteiger partial charge < -0.3 is 4.90 Å². The molecular weight excluding hydrogens is 196 g/mol. The quantitative estimate of drug-likeness (QED) is 0.642. The minimum absolute atomic E-state index is 0.0152. The molecule has 1 aliphatic heterocycles. The van der Waals surface area contributed by atoms with Gasteiger partial charge in [-0.25, -0.2) is 4.79 Å². The molecule has 0 saturated carbocycles. The molecular formula is C10H16N2O3. The van der Waals surface area contributed by atoms with Gasteiger partial charge in [-0.2, -0.15) is 0 Å². The molecule has 84 valence electrons. The van der Waals surface area contributed by atoms with Crippen LogP contribution in [0.3, 0.4) is 0 Å². The van der Waals surface area contributed by atoms with E-state index in [0.29, 0.717) is 0 Å². The van der Waals surface area contributed by atoms with Gasteiger partial charge in [0, 0.05) is 19.0 Å². The van der Waals surface area contributed by atoms with E-state index in [1.165, 1.54) is 11.8 Å². The second kappa shape index (κ2) is 4.42. The van der Waals surface area contributed by atoms with Gasteiger partial charge in [0.1, 0.15) is 12.3 Å². The zero-order valence-electron chi connectivity index (χ0n) is 9.32. The van der Waals surface area contributed by atoms with E-state index in [4.69, 9.17) is 0 Å². The lowest BCUT2D eigenvalue weighted by Crippen LogP contribution is -2.37. The van der Waals surface area contributed by atoms with Crippen LogP contribution >= 0.6 is 0 Å². The van der Waals surface area contributed by atoms with Crippen molar-refractivity contribution in [2.24, 2.45) is 0 Å². The highest BCUT2D eigenvalue weighted by Crippen LogP contribution is 2.13. The predicted octanol–water partition coefficient (Wildman–Crippen LogP) is 0.638. The van der Waals surface area contributed by atoms with Crippen molar-refractivity contribution in [3.8, 4) is 0 Å². The first-order valence-corrected chi connectivity index (χ1v) is 5.04. The van der Waals surface area contributed by atoms with Crippen molar-refractivity contribution in [3.63, 3.8) is 0 Å². The van der Waals surface area contributed by atoms with E-state index in [-0.39, 0.29) is 43.3 Å². The molecule has 0 aliphatic carbocycles. The van der Waals surface area contributed by atoms with Gasteiger partial charge in [-0.3, -0.25) is 14.5 Å². The number of rotatable bonds is 4. The van der Waals surface area contributed by atoms with E-state index in [1.54, 1.807) is 0 Å².